The van der Waals surface area contributed by atoms with E-state index in [0.717, 1.165) is 28.9 Å². The molecule has 1 N–H and O–H groups in total. The molecule has 0 unspecified atom stereocenters. The number of nitrogens with zero attached hydrogens (tertiary/aromatic N) is 3. The molecule has 1 aliphatic carbocycles. The molecule has 2 aromatic carbocycles. The summed E-state index contributed by atoms with van der Waals surface area (Å²) < 4.78 is 16.5. The highest BCUT2D eigenvalue weighted by atomic mass is 16.5. The van der Waals surface area contributed by atoms with Gasteiger partial charge in [0.2, 0.25) is 17.7 Å². The van der Waals surface area contributed by atoms with E-state index in [1.165, 1.54) is 0 Å². The molecule has 0 saturated heterocycles. The van der Waals surface area contributed by atoms with E-state index in [1.54, 1.807) is 26.0 Å². The summed E-state index contributed by atoms with van der Waals surface area (Å²) in [7, 11) is 0. The van der Waals surface area contributed by atoms with Gasteiger partial charge in [0.15, 0.2) is 5.69 Å². The summed E-state index contributed by atoms with van der Waals surface area (Å²) in [6, 6.07) is 11.1. The quantitative estimate of drug-likeness (QED) is 0.336. The number of hydrogen-bond donors (Lipinski definition) is 1. The van der Waals surface area contributed by atoms with E-state index in [-0.39, 0.29) is 23.2 Å². The maximum atomic E-state index is 13.5. The first-order valence-electron chi connectivity index (χ1n) is 12.5. The number of carbonyl (C=O) groups is 2. The van der Waals surface area contributed by atoms with Crippen LogP contribution in [0.5, 0.6) is 5.75 Å². The van der Waals surface area contributed by atoms with Crippen molar-refractivity contribution in [1.29, 1.82) is 0 Å². The SMILES string of the molecule is [C-]#[N+]c1ccc(CCCC(=O)OCC)c(NC(=O)[C@@H]2C[C@]23CCOc2ccc(-c4nnc(C)o4)cc23)c1. The molecular weight excluding hydrogens is 472 g/mol. The fourth-order valence-corrected chi connectivity index (χ4v) is 5.14. The highest BCUT2D eigenvalue weighted by Gasteiger charge is 2.61. The molecule has 0 bridgehead atoms. The minimum atomic E-state index is -0.315. The molecular formula is C28H28N4O5. The van der Waals surface area contributed by atoms with E-state index in [1.807, 2.05) is 24.3 Å². The van der Waals surface area contributed by atoms with Gasteiger partial charge in [0.05, 0.1) is 19.8 Å². The lowest BCUT2D eigenvalue weighted by Crippen LogP contribution is -2.27. The summed E-state index contributed by atoms with van der Waals surface area (Å²) in [5.41, 5.74) is 3.42. The van der Waals surface area contributed by atoms with E-state index in [4.69, 9.17) is 20.5 Å². The van der Waals surface area contributed by atoms with Gasteiger partial charge in [-0.1, -0.05) is 12.1 Å². The summed E-state index contributed by atoms with van der Waals surface area (Å²) in [5.74, 6) is 1.16. The fourth-order valence-electron chi connectivity index (χ4n) is 5.14. The van der Waals surface area contributed by atoms with Crippen LogP contribution in [0.1, 0.15) is 49.6 Å². The van der Waals surface area contributed by atoms with Crippen LogP contribution in [0.15, 0.2) is 40.8 Å². The molecule has 1 aliphatic heterocycles. The van der Waals surface area contributed by atoms with Crippen LogP contribution >= 0.6 is 0 Å². The predicted octanol–water partition coefficient (Wildman–Crippen LogP) is 5.16. The van der Waals surface area contributed by atoms with E-state index >= 15 is 0 Å². The predicted molar refractivity (Wildman–Crippen MR) is 135 cm³/mol. The van der Waals surface area contributed by atoms with Crippen LogP contribution < -0.4 is 10.1 Å². The second-order valence-corrected chi connectivity index (χ2v) is 9.45. The molecule has 2 aliphatic rings. The van der Waals surface area contributed by atoms with E-state index in [9.17, 15) is 9.59 Å². The minimum absolute atomic E-state index is 0.0827. The Labute approximate surface area is 215 Å². The Kier molecular flexibility index (Phi) is 6.66. The lowest BCUT2D eigenvalue weighted by atomic mass is 9.86. The van der Waals surface area contributed by atoms with Gasteiger partial charge in [0, 0.05) is 41.5 Å². The summed E-state index contributed by atoms with van der Waals surface area (Å²) in [5, 5.41) is 11.1. The Hall–Kier alpha value is -4.19. The molecule has 190 valence electrons. The van der Waals surface area contributed by atoms with Crippen molar-refractivity contribution < 1.29 is 23.5 Å². The number of nitrogens with one attached hydrogen (secondary N) is 1. The van der Waals surface area contributed by atoms with Crippen LogP contribution in [0.25, 0.3) is 16.3 Å². The summed E-state index contributed by atoms with van der Waals surface area (Å²) in [4.78, 5) is 28.7. The van der Waals surface area contributed by atoms with E-state index < -0.39 is 0 Å². The average molecular weight is 501 g/mol. The molecule has 2 heterocycles. The number of ether oxygens (including phenoxy) is 2. The molecule has 2 atom stereocenters. The van der Waals surface area contributed by atoms with Crippen LogP contribution in [0, 0.1) is 19.4 Å². The minimum Gasteiger partial charge on any atom is -0.493 e. The number of fused-ring (bicyclic) bond motifs is 2. The number of aryl methyl sites for hydroxylation is 2. The van der Waals surface area contributed by atoms with Crippen molar-refractivity contribution in [3.63, 3.8) is 0 Å². The van der Waals surface area contributed by atoms with Crippen LogP contribution in [0.4, 0.5) is 11.4 Å². The van der Waals surface area contributed by atoms with Crippen LogP contribution in [-0.4, -0.2) is 35.3 Å². The number of hydrogen-bond acceptors (Lipinski definition) is 7. The van der Waals surface area contributed by atoms with Crippen molar-refractivity contribution >= 4 is 23.3 Å². The Bertz CT molecular complexity index is 1390. The normalized spacial score (nSPS) is 19.4. The largest absolute Gasteiger partial charge is 0.493 e. The molecule has 1 fully saturated rings. The number of benzene rings is 2. The van der Waals surface area contributed by atoms with Crippen molar-refractivity contribution in [2.75, 3.05) is 18.5 Å². The van der Waals surface area contributed by atoms with Gasteiger partial charge in [0.25, 0.3) is 0 Å². The standard InChI is InChI=1S/C28H28N4O5/c1-4-35-25(33)7-5-6-18-8-10-20(29-3)15-23(18)30-26(34)22-16-28(22)12-13-36-24-11-9-19(14-21(24)28)27-32-31-17(2)37-27/h8-11,14-15,22H,4-7,12-13,16H2,1-2H3,(H,30,34)/t22-,28-/m0/s1. The number of aromatic nitrogens is 2. The average Bonchev–Trinajstić information content (AvgIpc) is 3.45. The third kappa shape index (κ3) is 4.92. The Morgan fingerprint density at radius 3 is 2.86 bits per heavy atom. The molecule has 0 radical (unpaired) electrons. The first-order valence-corrected chi connectivity index (χ1v) is 12.5. The third-order valence-electron chi connectivity index (χ3n) is 7.10. The van der Waals surface area contributed by atoms with E-state index in [2.05, 4.69) is 20.4 Å². The van der Waals surface area contributed by atoms with Crippen LogP contribution in [0.2, 0.25) is 0 Å². The zero-order valence-electron chi connectivity index (χ0n) is 20.9. The number of anilines is 1. The summed E-state index contributed by atoms with van der Waals surface area (Å²) >= 11 is 0. The van der Waals surface area contributed by atoms with Crippen molar-refractivity contribution in [2.24, 2.45) is 5.92 Å². The Morgan fingerprint density at radius 2 is 2.11 bits per heavy atom. The summed E-state index contributed by atoms with van der Waals surface area (Å²) in [6.07, 6.45) is 2.93. The number of esters is 1. The van der Waals surface area contributed by atoms with Crippen LogP contribution in [-0.2, 0) is 26.2 Å². The molecule has 5 rings (SSSR count). The van der Waals surface area contributed by atoms with Gasteiger partial charge >= 0.3 is 5.97 Å². The number of rotatable bonds is 8. The molecule has 37 heavy (non-hydrogen) atoms. The molecule has 1 spiro atoms. The third-order valence-corrected chi connectivity index (χ3v) is 7.10. The maximum Gasteiger partial charge on any atom is 0.305 e. The van der Waals surface area contributed by atoms with Gasteiger partial charge in [0.1, 0.15) is 5.75 Å². The first kappa shape index (κ1) is 24.5. The molecule has 3 aromatic rings. The van der Waals surface area contributed by atoms with Crippen molar-refractivity contribution in [3.8, 4) is 17.2 Å². The van der Waals surface area contributed by atoms with Crippen LogP contribution in [0.3, 0.4) is 0 Å². The Balaban J connectivity index is 1.34. The Morgan fingerprint density at radius 1 is 1.24 bits per heavy atom. The highest BCUT2D eigenvalue weighted by Crippen LogP contribution is 2.61. The first-order chi connectivity index (χ1) is 17.9. The van der Waals surface area contributed by atoms with Crippen molar-refractivity contribution in [2.45, 2.75) is 51.4 Å². The lowest BCUT2D eigenvalue weighted by Gasteiger charge is -2.27. The molecule has 9 nitrogen and oxygen atoms in total. The smallest absolute Gasteiger partial charge is 0.305 e. The summed E-state index contributed by atoms with van der Waals surface area (Å²) in [6.45, 7) is 11.8. The zero-order chi connectivity index (χ0) is 26.0. The van der Waals surface area contributed by atoms with Gasteiger partial charge in [-0.3, -0.25) is 9.59 Å². The maximum absolute atomic E-state index is 13.5. The van der Waals surface area contributed by atoms with E-state index in [0.29, 0.717) is 62.1 Å². The monoisotopic (exact) mass is 500 g/mol. The van der Waals surface area contributed by atoms with Crippen molar-refractivity contribution in [1.82, 2.24) is 10.2 Å². The topological polar surface area (TPSA) is 108 Å². The molecule has 1 saturated carbocycles. The van der Waals surface area contributed by atoms with Gasteiger partial charge in [-0.05, 0) is 62.4 Å². The van der Waals surface area contributed by atoms with Gasteiger partial charge in [-0.15, -0.1) is 10.2 Å². The van der Waals surface area contributed by atoms with Gasteiger partial charge in [-0.25, -0.2) is 4.85 Å². The second-order valence-electron chi connectivity index (χ2n) is 9.45. The molecule has 1 amide bonds. The number of carbonyl (C=O) groups excluding carboxylic acids is 2. The second kappa shape index (κ2) is 10.1. The highest BCUT2D eigenvalue weighted by molar-refractivity contribution is 5.97. The van der Waals surface area contributed by atoms with Gasteiger partial charge in [-0.2, -0.15) is 0 Å². The zero-order valence-corrected chi connectivity index (χ0v) is 20.9. The lowest BCUT2D eigenvalue weighted by molar-refractivity contribution is -0.143. The number of amides is 1. The van der Waals surface area contributed by atoms with Gasteiger partial charge < -0.3 is 19.2 Å². The van der Waals surface area contributed by atoms with Crippen molar-refractivity contribution in [3.05, 3.63) is 64.8 Å². The molecule has 1 aromatic heterocycles. The molecule has 9 heteroatoms. The fraction of sp³-hybridized carbons (Fsp3) is 0.393.